The highest BCUT2D eigenvalue weighted by molar-refractivity contribution is 7.98. The minimum absolute atomic E-state index is 0.280. The monoisotopic (exact) mass is 363 g/mol. The van der Waals surface area contributed by atoms with Crippen molar-refractivity contribution >= 4 is 35.2 Å². The Kier molecular flexibility index (Phi) is 6.70. The summed E-state index contributed by atoms with van der Waals surface area (Å²) in [6.45, 7) is 1.82. The summed E-state index contributed by atoms with van der Waals surface area (Å²) in [4.78, 5) is 25.2. The molecule has 1 N–H and O–H groups in total. The smallest absolute Gasteiger partial charge is 0.340 e. The van der Waals surface area contributed by atoms with Crippen LogP contribution in [0.25, 0.3) is 0 Å². The molecule has 0 saturated carbocycles. The van der Waals surface area contributed by atoms with Crippen LogP contribution in [0.3, 0.4) is 0 Å². The van der Waals surface area contributed by atoms with E-state index in [2.05, 4.69) is 5.32 Å². The summed E-state index contributed by atoms with van der Waals surface area (Å²) in [6, 6.07) is 14.4. The van der Waals surface area contributed by atoms with E-state index in [9.17, 15) is 9.59 Å². The fourth-order valence-corrected chi connectivity index (χ4v) is 2.85. The average Bonchev–Trinajstić information content (AvgIpc) is 2.60. The van der Waals surface area contributed by atoms with Gasteiger partial charge in [-0.3, -0.25) is 4.79 Å². The minimum atomic E-state index is -0.894. The fourth-order valence-electron chi connectivity index (χ4n) is 2.06. The third kappa shape index (κ3) is 4.76. The number of carbonyl (C=O) groups excluding carboxylic acids is 2. The lowest BCUT2D eigenvalue weighted by Gasteiger charge is -2.15. The van der Waals surface area contributed by atoms with E-state index in [0.29, 0.717) is 10.6 Å². The van der Waals surface area contributed by atoms with E-state index < -0.39 is 12.1 Å². The van der Waals surface area contributed by atoms with Crippen LogP contribution in [0, 0.1) is 0 Å². The second-order valence-corrected chi connectivity index (χ2v) is 6.31. The van der Waals surface area contributed by atoms with Crippen molar-refractivity contribution in [3.63, 3.8) is 0 Å². The highest BCUT2D eigenvalue weighted by atomic mass is 35.5. The van der Waals surface area contributed by atoms with Gasteiger partial charge < -0.3 is 10.1 Å². The molecule has 2 aromatic carbocycles. The quantitative estimate of drug-likeness (QED) is 0.624. The minimum Gasteiger partial charge on any atom is -0.449 e. The SMILES string of the molecule is CSc1ccccc1C(=O)O[C@H](C)C(=O)NCc1ccccc1Cl. The lowest BCUT2D eigenvalue weighted by Crippen LogP contribution is -2.35. The number of hydrogen-bond acceptors (Lipinski definition) is 4. The average molecular weight is 364 g/mol. The normalized spacial score (nSPS) is 11.6. The number of thioether (sulfide) groups is 1. The van der Waals surface area contributed by atoms with Crippen LogP contribution in [0.4, 0.5) is 0 Å². The summed E-state index contributed by atoms with van der Waals surface area (Å²) in [5, 5.41) is 3.30. The molecule has 0 bridgehead atoms. The zero-order valence-electron chi connectivity index (χ0n) is 13.4. The van der Waals surface area contributed by atoms with Gasteiger partial charge in [0.05, 0.1) is 5.56 Å². The van der Waals surface area contributed by atoms with Crippen molar-refractivity contribution in [1.82, 2.24) is 5.32 Å². The number of amides is 1. The Morgan fingerprint density at radius 2 is 1.83 bits per heavy atom. The van der Waals surface area contributed by atoms with E-state index in [-0.39, 0.29) is 12.5 Å². The van der Waals surface area contributed by atoms with Crippen molar-refractivity contribution in [1.29, 1.82) is 0 Å². The van der Waals surface area contributed by atoms with Gasteiger partial charge in [0.2, 0.25) is 0 Å². The molecule has 1 amide bonds. The first-order chi connectivity index (χ1) is 11.5. The molecule has 0 aliphatic rings. The summed E-state index contributed by atoms with van der Waals surface area (Å²) >= 11 is 7.50. The third-order valence-corrected chi connectivity index (χ3v) is 4.56. The second kappa shape index (κ2) is 8.76. The fraction of sp³-hybridized carbons (Fsp3) is 0.222. The van der Waals surface area contributed by atoms with E-state index in [1.54, 1.807) is 25.1 Å². The maximum atomic E-state index is 12.2. The molecule has 0 unspecified atom stereocenters. The van der Waals surface area contributed by atoms with Crippen LogP contribution in [0.15, 0.2) is 53.4 Å². The first-order valence-corrected chi connectivity index (χ1v) is 8.98. The zero-order chi connectivity index (χ0) is 17.5. The highest BCUT2D eigenvalue weighted by Gasteiger charge is 2.20. The number of carbonyl (C=O) groups is 2. The van der Waals surface area contributed by atoms with E-state index >= 15 is 0 Å². The maximum Gasteiger partial charge on any atom is 0.340 e. The number of ether oxygens (including phenoxy) is 1. The molecular formula is C18H18ClNO3S. The first-order valence-electron chi connectivity index (χ1n) is 7.38. The Morgan fingerprint density at radius 1 is 1.17 bits per heavy atom. The molecule has 0 saturated heterocycles. The Labute approximate surface area is 150 Å². The van der Waals surface area contributed by atoms with Crippen LogP contribution in [-0.4, -0.2) is 24.2 Å². The van der Waals surface area contributed by atoms with Gasteiger partial charge in [-0.2, -0.15) is 0 Å². The molecule has 4 nitrogen and oxygen atoms in total. The first kappa shape index (κ1) is 18.4. The van der Waals surface area contributed by atoms with Gasteiger partial charge in [0.15, 0.2) is 6.10 Å². The summed E-state index contributed by atoms with van der Waals surface area (Å²) < 4.78 is 5.26. The molecule has 24 heavy (non-hydrogen) atoms. The van der Waals surface area contributed by atoms with Crippen LogP contribution in [0.1, 0.15) is 22.8 Å². The summed E-state index contributed by atoms with van der Waals surface area (Å²) in [6.07, 6.45) is 0.987. The zero-order valence-corrected chi connectivity index (χ0v) is 15.0. The van der Waals surface area contributed by atoms with Gasteiger partial charge in [-0.1, -0.05) is 41.9 Å². The number of hydrogen-bond donors (Lipinski definition) is 1. The van der Waals surface area contributed by atoms with Crippen molar-refractivity contribution in [2.24, 2.45) is 0 Å². The lowest BCUT2D eigenvalue weighted by atomic mass is 10.2. The van der Waals surface area contributed by atoms with Crippen molar-refractivity contribution in [3.8, 4) is 0 Å². The molecule has 2 aromatic rings. The van der Waals surface area contributed by atoms with E-state index in [4.69, 9.17) is 16.3 Å². The van der Waals surface area contributed by atoms with Gasteiger partial charge in [-0.25, -0.2) is 4.79 Å². The standard InChI is InChI=1S/C18H18ClNO3S/c1-12(17(21)20-11-13-7-3-5-9-15(13)19)23-18(22)14-8-4-6-10-16(14)24-2/h3-10,12H,11H2,1-2H3,(H,20,21)/t12-/m1/s1. The molecule has 0 aromatic heterocycles. The Bertz CT molecular complexity index is 736. The van der Waals surface area contributed by atoms with Gasteiger partial charge in [-0.15, -0.1) is 11.8 Å². The van der Waals surface area contributed by atoms with Crippen molar-refractivity contribution in [3.05, 3.63) is 64.7 Å². The molecule has 0 spiro atoms. The van der Waals surface area contributed by atoms with Gasteiger partial charge >= 0.3 is 5.97 Å². The van der Waals surface area contributed by atoms with Gasteiger partial charge in [-0.05, 0) is 36.9 Å². The van der Waals surface area contributed by atoms with Crippen molar-refractivity contribution < 1.29 is 14.3 Å². The van der Waals surface area contributed by atoms with Crippen LogP contribution < -0.4 is 5.32 Å². The third-order valence-electron chi connectivity index (χ3n) is 3.39. The molecule has 126 valence electrons. The second-order valence-electron chi connectivity index (χ2n) is 5.06. The van der Waals surface area contributed by atoms with E-state index in [0.717, 1.165) is 10.5 Å². The number of rotatable bonds is 6. The molecule has 0 heterocycles. The van der Waals surface area contributed by atoms with Crippen molar-refractivity contribution in [2.75, 3.05) is 6.26 Å². The van der Waals surface area contributed by atoms with Gasteiger partial charge in [0.25, 0.3) is 5.91 Å². The van der Waals surface area contributed by atoms with Crippen molar-refractivity contribution in [2.45, 2.75) is 24.5 Å². The molecular weight excluding hydrogens is 346 g/mol. The Balaban J connectivity index is 1.94. The number of nitrogens with one attached hydrogen (secondary N) is 1. The molecule has 0 fully saturated rings. The highest BCUT2D eigenvalue weighted by Crippen LogP contribution is 2.21. The molecule has 0 aliphatic heterocycles. The Morgan fingerprint density at radius 3 is 2.54 bits per heavy atom. The van der Waals surface area contributed by atoms with Crippen LogP contribution in [0.5, 0.6) is 0 Å². The predicted molar refractivity (Wildman–Crippen MR) is 96.4 cm³/mol. The van der Waals surface area contributed by atoms with Crippen LogP contribution >= 0.6 is 23.4 Å². The molecule has 1 atom stereocenters. The molecule has 2 rings (SSSR count). The molecule has 0 aliphatic carbocycles. The van der Waals surface area contributed by atoms with Gasteiger partial charge in [0.1, 0.15) is 0 Å². The number of halogens is 1. The molecule has 0 radical (unpaired) electrons. The molecule has 6 heteroatoms. The summed E-state index contributed by atoms with van der Waals surface area (Å²) in [7, 11) is 0. The number of benzene rings is 2. The number of esters is 1. The predicted octanol–water partition coefficient (Wildman–Crippen LogP) is 3.92. The Hall–Kier alpha value is -1.98. The maximum absolute atomic E-state index is 12.2. The van der Waals surface area contributed by atoms with Crippen LogP contribution in [0.2, 0.25) is 5.02 Å². The van der Waals surface area contributed by atoms with E-state index in [1.807, 2.05) is 36.6 Å². The topological polar surface area (TPSA) is 55.4 Å². The summed E-state index contributed by atoms with van der Waals surface area (Å²) in [5.74, 6) is -0.884. The lowest BCUT2D eigenvalue weighted by molar-refractivity contribution is -0.129. The largest absolute Gasteiger partial charge is 0.449 e. The summed E-state index contributed by atoms with van der Waals surface area (Å²) in [5.41, 5.74) is 1.26. The van der Waals surface area contributed by atoms with E-state index in [1.165, 1.54) is 11.8 Å². The van der Waals surface area contributed by atoms with Crippen LogP contribution in [-0.2, 0) is 16.1 Å². The van der Waals surface area contributed by atoms with Gasteiger partial charge in [0, 0.05) is 16.5 Å².